The van der Waals surface area contributed by atoms with Crippen LogP contribution in [0.5, 0.6) is 0 Å². The number of carbonyl (C=O) groups is 2. The van der Waals surface area contributed by atoms with Crippen molar-refractivity contribution in [2.75, 3.05) is 6.26 Å². The summed E-state index contributed by atoms with van der Waals surface area (Å²) in [5.74, 6) is -0.779. The first-order valence-electron chi connectivity index (χ1n) is 9.83. The zero-order chi connectivity index (χ0) is 21.6. The molecule has 0 fully saturated rings. The molecule has 0 saturated carbocycles. The summed E-state index contributed by atoms with van der Waals surface area (Å²) >= 11 is 1.66. The lowest BCUT2D eigenvalue weighted by atomic mass is 9.86. The lowest BCUT2D eigenvalue weighted by Gasteiger charge is -2.22. The Labute approximate surface area is 178 Å². The van der Waals surface area contributed by atoms with E-state index in [0.717, 1.165) is 16.0 Å². The van der Waals surface area contributed by atoms with Crippen molar-refractivity contribution in [1.82, 2.24) is 5.32 Å². The molecule has 0 aliphatic heterocycles. The van der Waals surface area contributed by atoms with Gasteiger partial charge in [0.2, 0.25) is 0 Å². The van der Waals surface area contributed by atoms with Crippen LogP contribution in [-0.4, -0.2) is 24.2 Å². The predicted octanol–water partition coefficient (Wildman–Crippen LogP) is 5.20. The van der Waals surface area contributed by atoms with Crippen molar-refractivity contribution in [3.05, 3.63) is 65.2 Å². The molecule has 5 heteroatoms. The fourth-order valence-corrected chi connectivity index (χ4v) is 3.22. The van der Waals surface area contributed by atoms with Gasteiger partial charge in [-0.2, -0.15) is 0 Å². The summed E-state index contributed by atoms with van der Waals surface area (Å²) < 4.78 is 5.47. The molecule has 2 rings (SSSR count). The van der Waals surface area contributed by atoms with Crippen LogP contribution in [0.1, 0.15) is 56.1 Å². The maximum Gasteiger partial charge on any atom is 0.329 e. The van der Waals surface area contributed by atoms with Crippen LogP contribution in [0.15, 0.2) is 53.4 Å². The van der Waals surface area contributed by atoms with Crippen LogP contribution in [0.3, 0.4) is 0 Å². The Kier molecular flexibility index (Phi) is 7.91. The van der Waals surface area contributed by atoms with Crippen molar-refractivity contribution in [3.63, 3.8) is 0 Å². The highest BCUT2D eigenvalue weighted by Gasteiger charge is 2.26. The molecule has 0 aromatic heterocycles. The topological polar surface area (TPSA) is 55.4 Å². The van der Waals surface area contributed by atoms with Gasteiger partial charge in [-0.25, -0.2) is 4.79 Å². The lowest BCUT2D eigenvalue weighted by Crippen LogP contribution is -2.45. The molecular weight excluding hydrogens is 382 g/mol. The number of benzene rings is 2. The van der Waals surface area contributed by atoms with Gasteiger partial charge in [-0.15, -0.1) is 11.8 Å². The van der Waals surface area contributed by atoms with E-state index in [1.807, 2.05) is 56.5 Å². The Bertz CT molecular complexity index is 821. The van der Waals surface area contributed by atoms with Gasteiger partial charge in [-0.05, 0) is 53.0 Å². The molecule has 0 radical (unpaired) electrons. The molecule has 0 heterocycles. The maximum atomic E-state index is 12.6. The van der Waals surface area contributed by atoms with E-state index in [1.54, 1.807) is 23.9 Å². The minimum Gasteiger partial charge on any atom is -0.459 e. The van der Waals surface area contributed by atoms with E-state index in [4.69, 9.17) is 4.74 Å². The Morgan fingerprint density at radius 2 is 1.59 bits per heavy atom. The number of esters is 1. The van der Waals surface area contributed by atoms with Gasteiger partial charge in [0.1, 0.15) is 12.6 Å². The van der Waals surface area contributed by atoms with Crippen molar-refractivity contribution in [2.45, 2.75) is 57.6 Å². The summed E-state index contributed by atoms with van der Waals surface area (Å²) in [7, 11) is 0. The third kappa shape index (κ3) is 6.64. The van der Waals surface area contributed by atoms with Crippen LogP contribution >= 0.6 is 11.8 Å². The molecule has 0 unspecified atom stereocenters. The zero-order valence-corrected chi connectivity index (χ0v) is 18.9. The number of hydrogen-bond acceptors (Lipinski definition) is 4. The average Bonchev–Trinajstić information content (AvgIpc) is 2.69. The monoisotopic (exact) mass is 413 g/mol. The smallest absolute Gasteiger partial charge is 0.329 e. The average molecular weight is 414 g/mol. The molecular formula is C24H31NO3S. The van der Waals surface area contributed by atoms with Crippen LogP contribution < -0.4 is 5.32 Å². The van der Waals surface area contributed by atoms with Crippen molar-refractivity contribution in [3.8, 4) is 0 Å². The molecule has 0 aliphatic carbocycles. The summed E-state index contributed by atoms with van der Waals surface area (Å²) in [5.41, 5.74) is 2.63. The van der Waals surface area contributed by atoms with Gasteiger partial charge >= 0.3 is 5.97 Å². The summed E-state index contributed by atoms with van der Waals surface area (Å²) in [6.45, 7) is 10.3. The van der Waals surface area contributed by atoms with Gasteiger partial charge in [0.15, 0.2) is 0 Å². The molecule has 0 aliphatic rings. The molecule has 1 N–H and O–H groups in total. The molecule has 156 valence electrons. The zero-order valence-electron chi connectivity index (χ0n) is 18.1. The lowest BCUT2D eigenvalue weighted by molar-refractivity contribution is -0.148. The first-order valence-corrected chi connectivity index (χ1v) is 11.0. The van der Waals surface area contributed by atoms with E-state index in [2.05, 4.69) is 26.1 Å². The Hall–Kier alpha value is -2.27. The highest BCUT2D eigenvalue weighted by molar-refractivity contribution is 7.98. The van der Waals surface area contributed by atoms with Gasteiger partial charge in [0, 0.05) is 10.5 Å². The number of hydrogen-bond donors (Lipinski definition) is 1. The van der Waals surface area contributed by atoms with Crippen molar-refractivity contribution in [2.24, 2.45) is 5.92 Å². The van der Waals surface area contributed by atoms with E-state index in [-0.39, 0.29) is 23.8 Å². The Morgan fingerprint density at radius 3 is 2.07 bits per heavy atom. The first-order chi connectivity index (χ1) is 13.6. The van der Waals surface area contributed by atoms with Gasteiger partial charge in [0.05, 0.1) is 0 Å². The molecule has 4 nitrogen and oxygen atoms in total. The van der Waals surface area contributed by atoms with Gasteiger partial charge in [0.25, 0.3) is 5.91 Å². The summed E-state index contributed by atoms with van der Waals surface area (Å²) in [4.78, 5) is 26.4. The number of ether oxygens (including phenoxy) is 1. The molecule has 1 atom stereocenters. The third-order valence-electron chi connectivity index (χ3n) is 4.76. The van der Waals surface area contributed by atoms with Crippen LogP contribution in [0, 0.1) is 5.92 Å². The number of rotatable bonds is 7. The van der Waals surface area contributed by atoms with E-state index in [1.165, 1.54) is 0 Å². The predicted molar refractivity (Wildman–Crippen MR) is 119 cm³/mol. The number of carbonyl (C=O) groups excluding carboxylic acids is 2. The van der Waals surface area contributed by atoms with Crippen molar-refractivity contribution in [1.29, 1.82) is 0 Å². The largest absolute Gasteiger partial charge is 0.459 e. The number of amides is 1. The molecule has 2 aromatic carbocycles. The minimum atomic E-state index is -0.699. The van der Waals surface area contributed by atoms with Crippen LogP contribution in [-0.2, 0) is 21.6 Å². The van der Waals surface area contributed by atoms with Gasteiger partial charge in [-0.1, -0.05) is 58.9 Å². The van der Waals surface area contributed by atoms with Gasteiger partial charge < -0.3 is 10.1 Å². The third-order valence-corrected chi connectivity index (χ3v) is 5.50. The summed E-state index contributed by atoms with van der Waals surface area (Å²) in [6.07, 6.45) is 2.02. The molecule has 0 bridgehead atoms. The SMILES string of the molecule is CSc1ccc(COC(=O)[C@@H](NC(=O)c2ccc(C(C)(C)C)cc2)C(C)C)cc1. The van der Waals surface area contributed by atoms with Crippen LogP contribution in [0.2, 0.25) is 0 Å². The molecule has 2 aromatic rings. The summed E-state index contributed by atoms with van der Waals surface area (Å²) in [6, 6.07) is 14.7. The highest BCUT2D eigenvalue weighted by Crippen LogP contribution is 2.22. The molecule has 1 amide bonds. The van der Waals surface area contributed by atoms with E-state index in [0.29, 0.717) is 5.56 Å². The minimum absolute atomic E-state index is 0.0211. The molecule has 0 spiro atoms. The fraction of sp³-hybridized carbons (Fsp3) is 0.417. The number of nitrogens with one attached hydrogen (secondary N) is 1. The molecule has 29 heavy (non-hydrogen) atoms. The fourth-order valence-electron chi connectivity index (χ4n) is 2.81. The second-order valence-corrected chi connectivity index (χ2v) is 9.36. The second-order valence-electron chi connectivity index (χ2n) is 8.48. The summed E-state index contributed by atoms with van der Waals surface area (Å²) in [5, 5.41) is 2.83. The highest BCUT2D eigenvalue weighted by atomic mass is 32.2. The molecule has 0 saturated heterocycles. The first kappa shape index (κ1) is 23.0. The van der Waals surface area contributed by atoms with Crippen LogP contribution in [0.4, 0.5) is 0 Å². The second kappa shape index (κ2) is 9.97. The van der Waals surface area contributed by atoms with E-state index >= 15 is 0 Å². The normalized spacial score (nSPS) is 12.5. The van der Waals surface area contributed by atoms with Crippen molar-refractivity contribution >= 4 is 23.6 Å². The van der Waals surface area contributed by atoms with Gasteiger partial charge in [-0.3, -0.25) is 4.79 Å². The van der Waals surface area contributed by atoms with E-state index < -0.39 is 12.0 Å². The quantitative estimate of drug-likeness (QED) is 0.500. The maximum absolute atomic E-state index is 12.6. The standard InChI is InChI=1S/C24H31NO3S/c1-16(2)21(23(27)28-15-17-7-13-20(29-6)14-8-17)25-22(26)18-9-11-19(12-10-18)24(3,4)5/h7-14,16,21H,15H2,1-6H3,(H,25,26)/t21-/m0/s1. The van der Waals surface area contributed by atoms with Crippen molar-refractivity contribution < 1.29 is 14.3 Å². The van der Waals surface area contributed by atoms with Crippen LogP contribution in [0.25, 0.3) is 0 Å². The Balaban J connectivity index is 2.00. The Morgan fingerprint density at radius 1 is 1.00 bits per heavy atom. The number of thioether (sulfide) groups is 1. The van der Waals surface area contributed by atoms with E-state index in [9.17, 15) is 9.59 Å².